The van der Waals surface area contributed by atoms with Gasteiger partial charge in [-0.15, -0.1) is 0 Å². The maximum absolute atomic E-state index is 11.0. The topological polar surface area (TPSA) is 79.1 Å². The molecular weight excluding hydrogens is 236 g/mol. The average molecular weight is 250 g/mol. The van der Waals surface area contributed by atoms with E-state index in [1.807, 2.05) is 13.8 Å². The first-order valence-electron chi connectivity index (χ1n) is 5.51. The summed E-state index contributed by atoms with van der Waals surface area (Å²) in [6.07, 6.45) is 3.01. The smallest absolute Gasteiger partial charge is 0.343 e. The normalized spacial score (nSPS) is 10.9. The van der Waals surface area contributed by atoms with Gasteiger partial charge in [-0.25, -0.2) is 19.4 Å². The third-order valence-corrected chi connectivity index (χ3v) is 2.40. The van der Waals surface area contributed by atoms with Crippen LogP contribution in [0.25, 0.3) is 11.0 Å². The van der Waals surface area contributed by atoms with Gasteiger partial charge in [0.2, 0.25) is 5.88 Å². The van der Waals surface area contributed by atoms with Gasteiger partial charge < -0.3 is 9.47 Å². The molecule has 0 atom stereocenters. The standard InChI is InChI=1S/C11H14N4O3/c1-7(2)15-10-8(4-14-15)11(13-6-12-10)18-5-9(16)17-3/h4,6-7H,5H2,1-3H3. The summed E-state index contributed by atoms with van der Waals surface area (Å²) in [5.41, 5.74) is 0.680. The highest BCUT2D eigenvalue weighted by atomic mass is 16.6. The van der Waals surface area contributed by atoms with Crippen molar-refractivity contribution in [3.05, 3.63) is 12.5 Å². The molecule has 0 N–H and O–H groups in total. The molecule has 0 fully saturated rings. The van der Waals surface area contributed by atoms with Crippen LogP contribution in [0.3, 0.4) is 0 Å². The molecule has 0 amide bonds. The Morgan fingerprint density at radius 1 is 1.44 bits per heavy atom. The molecule has 2 rings (SSSR count). The Labute approximate surface area is 104 Å². The van der Waals surface area contributed by atoms with Gasteiger partial charge in [0.05, 0.1) is 13.3 Å². The monoisotopic (exact) mass is 250 g/mol. The fourth-order valence-corrected chi connectivity index (χ4v) is 1.52. The second-order valence-corrected chi connectivity index (χ2v) is 3.96. The number of hydrogen-bond acceptors (Lipinski definition) is 6. The van der Waals surface area contributed by atoms with Gasteiger partial charge in [-0.05, 0) is 13.8 Å². The minimum absolute atomic E-state index is 0.185. The largest absolute Gasteiger partial charge is 0.466 e. The molecule has 0 saturated carbocycles. The first-order chi connectivity index (χ1) is 8.63. The summed E-state index contributed by atoms with van der Waals surface area (Å²) in [6.45, 7) is 3.82. The zero-order chi connectivity index (χ0) is 13.1. The number of esters is 1. The van der Waals surface area contributed by atoms with E-state index in [0.29, 0.717) is 16.9 Å². The Kier molecular flexibility index (Phi) is 3.40. The van der Waals surface area contributed by atoms with Crippen molar-refractivity contribution in [3.63, 3.8) is 0 Å². The molecule has 7 heteroatoms. The molecule has 0 aliphatic carbocycles. The summed E-state index contributed by atoms with van der Waals surface area (Å²) in [5.74, 6) is -0.129. The molecule has 7 nitrogen and oxygen atoms in total. The van der Waals surface area contributed by atoms with Crippen molar-refractivity contribution in [2.45, 2.75) is 19.9 Å². The molecule has 2 aromatic heterocycles. The summed E-state index contributed by atoms with van der Waals surface area (Å²) in [6, 6.07) is 0.186. The Hall–Kier alpha value is -2.18. The third kappa shape index (κ3) is 2.24. The molecule has 2 aromatic rings. The SMILES string of the molecule is COC(=O)COc1ncnc2c1cnn2C(C)C. The molecule has 0 aliphatic rings. The molecule has 0 unspecified atom stereocenters. The van der Waals surface area contributed by atoms with E-state index < -0.39 is 5.97 Å². The molecular formula is C11H14N4O3. The summed E-state index contributed by atoms with van der Waals surface area (Å²) >= 11 is 0. The number of rotatable bonds is 4. The van der Waals surface area contributed by atoms with Gasteiger partial charge >= 0.3 is 5.97 Å². The molecule has 18 heavy (non-hydrogen) atoms. The lowest BCUT2D eigenvalue weighted by Crippen LogP contribution is -2.13. The van der Waals surface area contributed by atoms with E-state index in [-0.39, 0.29) is 12.6 Å². The minimum Gasteiger partial charge on any atom is -0.466 e. The van der Waals surface area contributed by atoms with E-state index >= 15 is 0 Å². The lowest BCUT2D eigenvalue weighted by atomic mass is 10.4. The van der Waals surface area contributed by atoms with Crippen molar-refractivity contribution in [3.8, 4) is 5.88 Å². The highest BCUT2D eigenvalue weighted by molar-refractivity contribution is 5.80. The lowest BCUT2D eigenvalue weighted by Gasteiger charge is -2.07. The first-order valence-corrected chi connectivity index (χ1v) is 5.51. The van der Waals surface area contributed by atoms with Gasteiger partial charge in [0, 0.05) is 6.04 Å². The summed E-state index contributed by atoms with van der Waals surface area (Å²) in [7, 11) is 1.30. The maximum atomic E-state index is 11.0. The van der Waals surface area contributed by atoms with Crippen LogP contribution in [0.4, 0.5) is 0 Å². The molecule has 0 bridgehead atoms. The van der Waals surface area contributed by atoms with Crippen molar-refractivity contribution in [2.24, 2.45) is 0 Å². The average Bonchev–Trinajstić information content (AvgIpc) is 2.80. The fourth-order valence-electron chi connectivity index (χ4n) is 1.52. The molecule has 96 valence electrons. The molecule has 2 heterocycles. The minimum atomic E-state index is -0.460. The number of ether oxygens (including phenoxy) is 2. The zero-order valence-electron chi connectivity index (χ0n) is 10.5. The van der Waals surface area contributed by atoms with E-state index in [2.05, 4.69) is 19.8 Å². The highest BCUT2D eigenvalue weighted by Crippen LogP contribution is 2.22. The fraction of sp³-hybridized carbons (Fsp3) is 0.455. The number of aromatic nitrogens is 4. The highest BCUT2D eigenvalue weighted by Gasteiger charge is 2.13. The van der Waals surface area contributed by atoms with Crippen molar-refractivity contribution < 1.29 is 14.3 Å². The van der Waals surface area contributed by atoms with Crippen LogP contribution in [-0.4, -0.2) is 39.4 Å². The van der Waals surface area contributed by atoms with Crippen LogP contribution in [0.15, 0.2) is 12.5 Å². The predicted octanol–water partition coefficient (Wildman–Crippen LogP) is 0.959. The second-order valence-electron chi connectivity index (χ2n) is 3.96. The first kappa shape index (κ1) is 12.3. The molecule has 0 aromatic carbocycles. The Balaban J connectivity index is 2.32. The molecule has 0 aliphatic heterocycles. The maximum Gasteiger partial charge on any atom is 0.343 e. The third-order valence-electron chi connectivity index (χ3n) is 2.40. The van der Waals surface area contributed by atoms with Crippen molar-refractivity contribution in [2.75, 3.05) is 13.7 Å². The molecule has 0 saturated heterocycles. The van der Waals surface area contributed by atoms with Gasteiger partial charge in [-0.1, -0.05) is 0 Å². The van der Waals surface area contributed by atoms with Gasteiger partial charge in [-0.2, -0.15) is 5.10 Å². The molecule has 0 spiro atoms. The summed E-state index contributed by atoms with van der Waals surface area (Å²) < 4.78 is 11.6. The second kappa shape index (κ2) is 4.99. The molecule has 0 radical (unpaired) electrons. The number of methoxy groups -OCH3 is 1. The van der Waals surface area contributed by atoms with Gasteiger partial charge in [0.1, 0.15) is 11.7 Å². The van der Waals surface area contributed by atoms with Crippen molar-refractivity contribution >= 4 is 17.0 Å². The Morgan fingerprint density at radius 3 is 2.89 bits per heavy atom. The van der Waals surface area contributed by atoms with E-state index in [1.54, 1.807) is 10.9 Å². The lowest BCUT2D eigenvalue weighted by molar-refractivity contribution is -0.142. The number of nitrogens with zero attached hydrogens (tertiary/aromatic N) is 4. The van der Waals surface area contributed by atoms with Crippen LogP contribution in [0, 0.1) is 0 Å². The number of carbonyl (C=O) groups excluding carboxylic acids is 1. The Morgan fingerprint density at radius 2 is 2.22 bits per heavy atom. The number of fused-ring (bicyclic) bond motifs is 1. The van der Waals surface area contributed by atoms with Crippen molar-refractivity contribution in [1.82, 2.24) is 19.7 Å². The van der Waals surface area contributed by atoms with Crippen LogP contribution in [0.1, 0.15) is 19.9 Å². The van der Waals surface area contributed by atoms with Gasteiger partial charge in [-0.3, -0.25) is 0 Å². The zero-order valence-corrected chi connectivity index (χ0v) is 10.5. The Bertz CT molecular complexity index is 564. The van der Waals surface area contributed by atoms with Crippen LogP contribution >= 0.6 is 0 Å². The van der Waals surface area contributed by atoms with E-state index in [9.17, 15) is 4.79 Å². The van der Waals surface area contributed by atoms with E-state index in [0.717, 1.165) is 0 Å². The number of hydrogen-bond donors (Lipinski definition) is 0. The van der Waals surface area contributed by atoms with Crippen LogP contribution < -0.4 is 4.74 Å². The predicted molar refractivity (Wildman–Crippen MR) is 63.2 cm³/mol. The van der Waals surface area contributed by atoms with Crippen LogP contribution in [0.5, 0.6) is 5.88 Å². The van der Waals surface area contributed by atoms with Gasteiger partial charge in [0.25, 0.3) is 0 Å². The van der Waals surface area contributed by atoms with Crippen LogP contribution in [0.2, 0.25) is 0 Å². The van der Waals surface area contributed by atoms with Gasteiger partial charge in [0.15, 0.2) is 12.3 Å². The summed E-state index contributed by atoms with van der Waals surface area (Å²) in [5, 5.41) is 4.90. The van der Waals surface area contributed by atoms with E-state index in [4.69, 9.17) is 4.74 Å². The summed E-state index contributed by atoms with van der Waals surface area (Å²) in [4.78, 5) is 19.2. The van der Waals surface area contributed by atoms with E-state index in [1.165, 1.54) is 13.4 Å². The number of carbonyl (C=O) groups is 1. The van der Waals surface area contributed by atoms with Crippen LogP contribution in [-0.2, 0) is 9.53 Å². The van der Waals surface area contributed by atoms with Crippen molar-refractivity contribution in [1.29, 1.82) is 0 Å². The quantitative estimate of drug-likeness (QED) is 0.752.